The van der Waals surface area contributed by atoms with Crippen LogP contribution in [-0.4, -0.2) is 16.8 Å². The van der Waals surface area contributed by atoms with Crippen molar-refractivity contribution in [3.8, 4) is 0 Å². The van der Waals surface area contributed by atoms with Crippen LogP contribution in [0.25, 0.3) is 0 Å². The minimum Gasteiger partial charge on any atom is -0.459 e. The van der Waals surface area contributed by atoms with Crippen LogP contribution < -0.4 is 0 Å². The molecule has 0 bridgehead atoms. The van der Waals surface area contributed by atoms with E-state index in [0.717, 1.165) is 25.7 Å². The van der Waals surface area contributed by atoms with E-state index in [4.69, 9.17) is 4.74 Å². The normalized spacial score (nSPS) is 22.0. The van der Waals surface area contributed by atoms with Gasteiger partial charge in [0, 0.05) is 5.25 Å². The highest BCUT2D eigenvalue weighted by Gasteiger charge is 2.37. The van der Waals surface area contributed by atoms with E-state index in [-0.39, 0.29) is 22.7 Å². The molecule has 1 rings (SSSR count). The third-order valence-corrected chi connectivity index (χ3v) is 4.70. The summed E-state index contributed by atoms with van der Waals surface area (Å²) in [6.07, 6.45) is 7.52. The summed E-state index contributed by atoms with van der Waals surface area (Å²) in [5.41, 5.74) is -0.187. The maximum Gasteiger partial charge on any atom is 0.310 e. The molecule has 19 heavy (non-hydrogen) atoms. The van der Waals surface area contributed by atoms with Gasteiger partial charge >= 0.3 is 5.97 Å². The molecule has 0 aromatic heterocycles. The van der Waals surface area contributed by atoms with Gasteiger partial charge in [0.15, 0.2) is 0 Å². The molecule has 0 saturated heterocycles. The Kier molecular flexibility index (Phi) is 6.72. The van der Waals surface area contributed by atoms with Crippen molar-refractivity contribution in [1.82, 2.24) is 0 Å². The van der Waals surface area contributed by atoms with E-state index in [1.54, 1.807) is 0 Å². The van der Waals surface area contributed by atoms with E-state index in [0.29, 0.717) is 5.92 Å². The Morgan fingerprint density at radius 1 is 1.21 bits per heavy atom. The van der Waals surface area contributed by atoms with Gasteiger partial charge in [0.2, 0.25) is 0 Å². The summed E-state index contributed by atoms with van der Waals surface area (Å²) in [4.78, 5) is 12.5. The number of carbonyl (C=O) groups excluding carboxylic acids is 1. The number of hydrogen-bond donors (Lipinski definition) is 1. The van der Waals surface area contributed by atoms with Gasteiger partial charge in [-0.2, -0.15) is 12.6 Å². The van der Waals surface area contributed by atoms with E-state index in [1.165, 1.54) is 19.3 Å². The summed E-state index contributed by atoms with van der Waals surface area (Å²) in [6, 6.07) is 0. The Morgan fingerprint density at radius 2 is 1.79 bits per heavy atom. The molecule has 2 unspecified atom stereocenters. The average molecular weight is 286 g/mol. The van der Waals surface area contributed by atoms with E-state index in [9.17, 15) is 4.79 Å². The summed E-state index contributed by atoms with van der Waals surface area (Å²) < 4.78 is 5.96. The van der Waals surface area contributed by atoms with Crippen LogP contribution in [0.2, 0.25) is 0 Å². The molecule has 0 aliphatic heterocycles. The molecule has 3 heteroatoms. The van der Waals surface area contributed by atoms with Crippen LogP contribution in [0.5, 0.6) is 0 Å². The predicted octanol–water partition coefficient (Wildman–Crippen LogP) is 4.62. The van der Waals surface area contributed by atoms with Crippen molar-refractivity contribution < 1.29 is 9.53 Å². The molecule has 0 heterocycles. The van der Waals surface area contributed by atoms with Crippen molar-refractivity contribution in [2.24, 2.45) is 11.8 Å². The molecule has 2 nitrogen and oxygen atoms in total. The molecule has 0 spiro atoms. The van der Waals surface area contributed by atoms with Gasteiger partial charge in [-0.25, -0.2) is 0 Å². The Hall–Kier alpha value is -0.180. The van der Waals surface area contributed by atoms with Gasteiger partial charge in [0.1, 0.15) is 5.60 Å². The van der Waals surface area contributed by atoms with Crippen LogP contribution in [0.1, 0.15) is 72.6 Å². The maximum atomic E-state index is 12.5. The van der Waals surface area contributed by atoms with Gasteiger partial charge in [0.05, 0.1) is 5.92 Å². The van der Waals surface area contributed by atoms with E-state index in [2.05, 4.69) is 33.4 Å². The lowest BCUT2D eigenvalue weighted by Crippen LogP contribution is -2.40. The van der Waals surface area contributed by atoms with Gasteiger partial charge in [-0.05, 0) is 44.4 Å². The molecule has 1 aliphatic rings. The van der Waals surface area contributed by atoms with Crippen molar-refractivity contribution >= 4 is 18.6 Å². The average Bonchev–Trinajstić information content (AvgIpc) is 2.36. The van der Waals surface area contributed by atoms with Gasteiger partial charge < -0.3 is 4.74 Å². The third kappa shape index (κ3) is 5.02. The minimum absolute atomic E-state index is 0.0278. The maximum absolute atomic E-state index is 12.5. The van der Waals surface area contributed by atoms with Crippen LogP contribution in [0.4, 0.5) is 0 Å². The molecule has 0 radical (unpaired) electrons. The quantitative estimate of drug-likeness (QED) is 0.569. The zero-order valence-electron chi connectivity index (χ0n) is 12.9. The predicted molar refractivity (Wildman–Crippen MR) is 83.6 cm³/mol. The Morgan fingerprint density at radius 3 is 2.21 bits per heavy atom. The Bertz CT molecular complexity index is 280. The highest BCUT2D eigenvalue weighted by Crippen LogP contribution is 2.36. The molecule has 0 amide bonds. The van der Waals surface area contributed by atoms with Crippen molar-refractivity contribution in [2.45, 2.75) is 83.5 Å². The summed E-state index contributed by atoms with van der Waals surface area (Å²) in [5, 5.41) is 0.0624. The first-order valence-corrected chi connectivity index (χ1v) is 8.33. The van der Waals surface area contributed by atoms with Crippen LogP contribution in [-0.2, 0) is 9.53 Å². The van der Waals surface area contributed by atoms with Crippen LogP contribution in [0, 0.1) is 11.8 Å². The number of carbonyl (C=O) groups is 1. The largest absolute Gasteiger partial charge is 0.459 e. The van der Waals surface area contributed by atoms with Crippen molar-refractivity contribution in [3.05, 3.63) is 0 Å². The fraction of sp³-hybridized carbons (Fsp3) is 0.938. The molecule has 1 fully saturated rings. The monoisotopic (exact) mass is 286 g/mol. The van der Waals surface area contributed by atoms with Crippen LogP contribution in [0.15, 0.2) is 0 Å². The lowest BCUT2D eigenvalue weighted by atomic mass is 9.82. The topological polar surface area (TPSA) is 26.3 Å². The van der Waals surface area contributed by atoms with Gasteiger partial charge in [-0.3, -0.25) is 4.79 Å². The highest BCUT2D eigenvalue weighted by molar-refractivity contribution is 7.81. The van der Waals surface area contributed by atoms with Crippen LogP contribution in [0.3, 0.4) is 0 Å². The number of esters is 1. The molecule has 1 aliphatic carbocycles. The second-order valence-electron chi connectivity index (χ2n) is 6.49. The molecule has 0 N–H and O–H groups in total. The van der Waals surface area contributed by atoms with Crippen molar-refractivity contribution in [3.63, 3.8) is 0 Å². The standard InChI is InChI=1S/C16H30O2S/c1-5-16(9-7-6-8-10-16)18-15(17)14(13(4)19)11-12(2)3/h12-14,19H,5-11H2,1-4H3. The van der Waals surface area contributed by atoms with Gasteiger partial charge in [0.25, 0.3) is 0 Å². The first-order valence-electron chi connectivity index (χ1n) is 7.81. The summed E-state index contributed by atoms with van der Waals surface area (Å²) >= 11 is 4.48. The van der Waals surface area contributed by atoms with Gasteiger partial charge in [-0.15, -0.1) is 0 Å². The molecular weight excluding hydrogens is 256 g/mol. The van der Waals surface area contributed by atoms with Crippen molar-refractivity contribution in [1.29, 1.82) is 0 Å². The number of thiol groups is 1. The number of ether oxygens (including phenoxy) is 1. The first kappa shape index (κ1) is 16.9. The van der Waals surface area contributed by atoms with Crippen molar-refractivity contribution in [2.75, 3.05) is 0 Å². The van der Waals surface area contributed by atoms with Gasteiger partial charge in [-0.1, -0.05) is 34.1 Å². The lowest BCUT2D eigenvalue weighted by Gasteiger charge is -2.37. The zero-order valence-corrected chi connectivity index (χ0v) is 13.8. The fourth-order valence-corrected chi connectivity index (χ4v) is 3.25. The highest BCUT2D eigenvalue weighted by atomic mass is 32.1. The number of rotatable bonds is 6. The SMILES string of the molecule is CCC1(OC(=O)C(CC(C)C)C(C)S)CCCCC1. The summed E-state index contributed by atoms with van der Waals surface area (Å²) in [6.45, 7) is 8.43. The molecule has 2 atom stereocenters. The number of hydrogen-bond acceptors (Lipinski definition) is 3. The molecule has 112 valence electrons. The summed E-state index contributed by atoms with van der Waals surface area (Å²) in [7, 11) is 0. The molecule has 0 aromatic rings. The fourth-order valence-electron chi connectivity index (χ4n) is 3.01. The van der Waals surface area contributed by atoms with E-state index < -0.39 is 0 Å². The van der Waals surface area contributed by atoms with Crippen LogP contribution >= 0.6 is 12.6 Å². The smallest absolute Gasteiger partial charge is 0.310 e. The molecule has 1 saturated carbocycles. The minimum atomic E-state index is -0.187. The first-order chi connectivity index (χ1) is 8.90. The van der Waals surface area contributed by atoms with E-state index in [1.807, 2.05) is 6.92 Å². The Balaban J connectivity index is 2.68. The lowest BCUT2D eigenvalue weighted by molar-refractivity contribution is -0.169. The molecule has 0 aromatic carbocycles. The third-order valence-electron chi connectivity index (χ3n) is 4.34. The summed E-state index contributed by atoms with van der Waals surface area (Å²) in [5.74, 6) is 0.393. The van der Waals surface area contributed by atoms with E-state index >= 15 is 0 Å². The Labute approximate surface area is 124 Å². The second-order valence-corrected chi connectivity index (χ2v) is 7.31. The zero-order chi connectivity index (χ0) is 14.5. The molecular formula is C16H30O2S. The second kappa shape index (κ2) is 7.56.